The van der Waals surface area contributed by atoms with E-state index in [0.29, 0.717) is 29.4 Å². The Morgan fingerprint density at radius 1 is 1.07 bits per heavy atom. The van der Waals surface area contributed by atoms with Crippen LogP contribution in [-0.2, 0) is 6.54 Å². The zero-order valence-corrected chi connectivity index (χ0v) is 14.8. The Kier molecular flexibility index (Phi) is 4.68. The van der Waals surface area contributed by atoms with E-state index in [1.54, 1.807) is 36.7 Å². The van der Waals surface area contributed by atoms with E-state index in [2.05, 4.69) is 31.4 Å². The second-order valence-electron chi connectivity index (χ2n) is 6.10. The SMILES string of the molecule is N#Cc1ccc(-c2ccc(N=N)c(NCc3ccc4ncccc4c3)n2)cn1. The van der Waals surface area contributed by atoms with E-state index in [9.17, 15) is 0 Å². The Morgan fingerprint density at radius 3 is 2.79 bits per heavy atom. The van der Waals surface area contributed by atoms with E-state index < -0.39 is 0 Å². The normalized spacial score (nSPS) is 10.4. The van der Waals surface area contributed by atoms with Crippen LogP contribution in [0.5, 0.6) is 0 Å². The van der Waals surface area contributed by atoms with Gasteiger partial charge in [0.25, 0.3) is 0 Å². The molecule has 28 heavy (non-hydrogen) atoms. The maximum atomic E-state index is 8.88. The molecule has 0 saturated heterocycles. The molecule has 0 atom stereocenters. The van der Waals surface area contributed by atoms with Crippen molar-refractivity contribution in [1.82, 2.24) is 15.0 Å². The van der Waals surface area contributed by atoms with Gasteiger partial charge in [0.15, 0.2) is 5.82 Å². The first kappa shape index (κ1) is 17.2. The number of anilines is 1. The number of nitriles is 1. The molecular formula is C21H15N7. The van der Waals surface area contributed by atoms with Gasteiger partial charge in [0.05, 0.1) is 11.2 Å². The summed E-state index contributed by atoms with van der Waals surface area (Å²) < 4.78 is 0. The van der Waals surface area contributed by atoms with E-state index in [0.717, 1.165) is 22.0 Å². The van der Waals surface area contributed by atoms with Crippen LogP contribution in [0, 0.1) is 16.9 Å². The molecular weight excluding hydrogens is 350 g/mol. The number of fused-ring (bicyclic) bond motifs is 1. The fourth-order valence-corrected chi connectivity index (χ4v) is 2.87. The lowest BCUT2D eigenvalue weighted by Crippen LogP contribution is -2.02. The minimum absolute atomic E-state index is 0.352. The van der Waals surface area contributed by atoms with Gasteiger partial charge in [-0.3, -0.25) is 4.98 Å². The minimum atomic E-state index is 0.352. The second kappa shape index (κ2) is 7.60. The summed E-state index contributed by atoms with van der Waals surface area (Å²) in [5.74, 6) is 0.517. The second-order valence-corrected chi connectivity index (χ2v) is 6.10. The lowest BCUT2D eigenvalue weighted by molar-refractivity contribution is 1.08. The van der Waals surface area contributed by atoms with Gasteiger partial charge in [-0.1, -0.05) is 12.1 Å². The first-order valence-corrected chi connectivity index (χ1v) is 8.59. The van der Waals surface area contributed by atoms with Gasteiger partial charge in [-0.2, -0.15) is 10.4 Å². The molecule has 7 heteroatoms. The van der Waals surface area contributed by atoms with Crippen molar-refractivity contribution in [3.8, 4) is 17.3 Å². The highest BCUT2D eigenvalue weighted by molar-refractivity contribution is 5.79. The first-order valence-electron chi connectivity index (χ1n) is 8.59. The van der Waals surface area contributed by atoms with Crippen molar-refractivity contribution in [2.45, 2.75) is 6.54 Å². The van der Waals surface area contributed by atoms with Crippen LogP contribution in [-0.4, -0.2) is 15.0 Å². The van der Waals surface area contributed by atoms with E-state index in [1.807, 2.05) is 30.3 Å². The summed E-state index contributed by atoms with van der Waals surface area (Å²) in [6.07, 6.45) is 3.38. The maximum Gasteiger partial charge on any atom is 0.154 e. The van der Waals surface area contributed by atoms with Crippen LogP contribution in [0.15, 0.2) is 72.1 Å². The Bertz CT molecular complexity index is 1190. The molecule has 3 heterocycles. The third kappa shape index (κ3) is 3.52. The van der Waals surface area contributed by atoms with Gasteiger partial charge in [0, 0.05) is 29.9 Å². The van der Waals surface area contributed by atoms with Gasteiger partial charge in [-0.25, -0.2) is 15.5 Å². The van der Waals surface area contributed by atoms with E-state index in [-0.39, 0.29) is 0 Å². The summed E-state index contributed by atoms with van der Waals surface area (Å²) in [5, 5.41) is 16.8. The monoisotopic (exact) mass is 365 g/mol. The molecule has 0 aliphatic rings. The smallest absolute Gasteiger partial charge is 0.154 e. The van der Waals surface area contributed by atoms with Crippen molar-refractivity contribution in [2.75, 3.05) is 5.32 Å². The molecule has 0 saturated carbocycles. The predicted molar refractivity (Wildman–Crippen MR) is 106 cm³/mol. The molecule has 0 unspecified atom stereocenters. The highest BCUT2D eigenvalue weighted by Crippen LogP contribution is 2.27. The topological polar surface area (TPSA) is 111 Å². The number of aromatic nitrogens is 3. The molecule has 0 aliphatic carbocycles. The van der Waals surface area contributed by atoms with Crippen LogP contribution < -0.4 is 5.32 Å². The molecule has 3 aromatic heterocycles. The number of nitrogens with zero attached hydrogens (tertiary/aromatic N) is 5. The molecule has 1 aromatic carbocycles. The van der Waals surface area contributed by atoms with Crippen molar-refractivity contribution in [1.29, 1.82) is 10.8 Å². The van der Waals surface area contributed by atoms with E-state index in [4.69, 9.17) is 10.8 Å². The number of rotatable bonds is 5. The molecule has 0 amide bonds. The maximum absolute atomic E-state index is 8.88. The van der Waals surface area contributed by atoms with Crippen molar-refractivity contribution in [2.24, 2.45) is 5.11 Å². The third-order valence-electron chi connectivity index (χ3n) is 4.30. The number of nitrogens with one attached hydrogen (secondary N) is 2. The van der Waals surface area contributed by atoms with Gasteiger partial charge in [-0.05, 0) is 48.0 Å². The summed E-state index contributed by atoms with van der Waals surface area (Å²) >= 11 is 0. The van der Waals surface area contributed by atoms with Crippen molar-refractivity contribution < 1.29 is 0 Å². The van der Waals surface area contributed by atoms with Crippen LogP contribution in [0.2, 0.25) is 0 Å². The number of pyridine rings is 3. The van der Waals surface area contributed by atoms with Gasteiger partial charge >= 0.3 is 0 Å². The number of benzene rings is 1. The molecule has 134 valence electrons. The zero-order chi connectivity index (χ0) is 19.3. The lowest BCUT2D eigenvalue weighted by Gasteiger charge is -2.10. The zero-order valence-electron chi connectivity index (χ0n) is 14.8. The van der Waals surface area contributed by atoms with E-state index in [1.165, 1.54) is 0 Å². The van der Waals surface area contributed by atoms with Crippen molar-refractivity contribution >= 4 is 22.4 Å². The highest BCUT2D eigenvalue weighted by atomic mass is 15.1. The van der Waals surface area contributed by atoms with Crippen molar-refractivity contribution in [3.63, 3.8) is 0 Å². The summed E-state index contributed by atoms with van der Waals surface area (Å²) in [4.78, 5) is 13.0. The molecule has 7 nitrogen and oxygen atoms in total. The summed E-state index contributed by atoms with van der Waals surface area (Å²) in [7, 11) is 0. The fraction of sp³-hybridized carbons (Fsp3) is 0.0476. The minimum Gasteiger partial charge on any atom is -0.364 e. The highest BCUT2D eigenvalue weighted by Gasteiger charge is 2.08. The Hall–Kier alpha value is -4.18. The third-order valence-corrected chi connectivity index (χ3v) is 4.30. The molecule has 0 aliphatic heterocycles. The Labute approximate surface area is 161 Å². The quantitative estimate of drug-likeness (QED) is 0.492. The molecule has 0 fully saturated rings. The first-order chi connectivity index (χ1) is 13.8. The number of hydrogen-bond acceptors (Lipinski definition) is 7. The fourth-order valence-electron chi connectivity index (χ4n) is 2.87. The average molecular weight is 365 g/mol. The van der Waals surface area contributed by atoms with Crippen LogP contribution in [0.3, 0.4) is 0 Å². The van der Waals surface area contributed by atoms with Gasteiger partial charge in [0.1, 0.15) is 17.5 Å². The van der Waals surface area contributed by atoms with Crippen LogP contribution in [0.25, 0.3) is 22.2 Å². The van der Waals surface area contributed by atoms with Crippen molar-refractivity contribution in [3.05, 3.63) is 78.2 Å². The van der Waals surface area contributed by atoms with Crippen LogP contribution >= 0.6 is 0 Å². The molecule has 2 N–H and O–H groups in total. The molecule has 0 spiro atoms. The van der Waals surface area contributed by atoms with E-state index >= 15 is 0 Å². The van der Waals surface area contributed by atoms with Crippen LogP contribution in [0.1, 0.15) is 11.3 Å². The summed E-state index contributed by atoms with van der Waals surface area (Å²) in [6, 6.07) is 19.0. The molecule has 4 aromatic rings. The van der Waals surface area contributed by atoms with Gasteiger partial charge < -0.3 is 5.32 Å². The summed E-state index contributed by atoms with van der Waals surface area (Å²) in [5.41, 5.74) is 11.7. The number of hydrogen-bond donors (Lipinski definition) is 2. The van der Waals surface area contributed by atoms with Crippen LogP contribution in [0.4, 0.5) is 11.5 Å². The van der Waals surface area contributed by atoms with Gasteiger partial charge in [-0.15, -0.1) is 0 Å². The molecule has 4 rings (SSSR count). The Balaban J connectivity index is 1.60. The molecule has 0 bridgehead atoms. The average Bonchev–Trinajstić information content (AvgIpc) is 2.77. The Morgan fingerprint density at radius 2 is 2.00 bits per heavy atom. The lowest BCUT2D eigenvalue weighted by atomic mass is 10.1. The predicted octanol–water partition coefficient (Wildman–Crippen LogP) is 4.84. The largest absolute Gasteiger partial charge is 0.364 e. The van der Waals surface area contributed by atoms with Gasteiger partial charge in [0.2, 0.25) is 0 Å². The summed E-state index contributed by atoms with van der Waals surface area (Å²) in [6.45, 7) is 0.537. The molecule has 0 radical (unpaired) electrons. The standard InChI is InChI=1S/C21H15N7/c22-11-17-5-4-16(13-25-17)19-7-8-20(28-23)21(27-19)26-12-14-3-6-18-15(10-14)2-1-9-24-18/h1-10,13,23H,12H2,(H,26,27).